The molecule has 1 aromatic heterocycles. The molecule has 22 heavy (non-hydrogen) atoms. The summed E-state index contributed by atoms with van der Waals surface area (Å²) in [4.78, 5) is 2.58. The molecule has 1 aliphatic carbocycles. The lowest BCUT2D eigenvalue weighted by Gasteiger charge is -2.29. The Kier molecular flexibility index (Phi) is 3.66. The van der Waals surface area contributed by atoms with Gasteiger partial charge >= 0.3 is 0 Å². The van der Waals surface area contributed by atoms with Gasteiger partial charge in [-0.2, -0.15) is 5.10 Å². The highest BCUT2D eigenvalue weighted by Gasteiger charge is 2.38. The van der Waals surface area contributed by atoms with E-state index in [9.17, 15) is 0 Å². The van der Waals surface area contributed by atoms with Crippen LogP contribution < -0.4 is 5.73 Å². The van der Waals surface area contributed by atoms with Crippen LogP contribution in [0.5, 0.6) is 0 Å². The molecule has 4 heteroatoms. The maximum atomic E-state index is 6.35. The molecule has 0 spiro atoms. The third-order valence-electron chi connectivity index (χ3n) is 5.64. The zero-order chi connectivity index (χ0) is 15.1. The third kappa shape index (κ3) is 2.34. The summed E-state index contributed by atoms with van der Waals surface area (Å²) in [6.45, 7) is 6.40. The van der Waals surface area contributed by atoms with E-state index < -0.39 is 0 Å². The average molecular weight is 298 g/mol. The minimum atomic E-state index is 0.411. The van der Waals surface area contributed by atoms with Gasteiger partial charge in [-0.1, -0.05) is 24.6 Å². The van der Waals surface area contributed by atoms with Gasteiger partial charge in [-0.05, 0) is 37.7 Å². The summed E-state index contributed by atoms with van der Waals surface area (Å²) in [5.41, 5.74) is 8.83. The first-order valence-corrected chi connectivity index (χ1v) is 8.68. The fraction of sp³-hybridized carbons (Fsp3) is 0.611. The molecular formula is C18H26N4. The maximum Gasteiger partial charge on any atom is 0.0843 e. The van der Waals surface area contributed by atoms with E-state index in [0.717, 1.165) is 25.6 Å². The van der Waals surface area contributed by atoms with E-state index in [4.69, 9.17) is 10.8 Å². The molecule has 3 atom stereocenters. The van der Waals surface area contributed by atoms with Gasteiger partial charge < -0.3 is 5.73 Å². The average Bonchev–Trinajstić information content (AvgIpc) is 3.10. The van der Waals surface area contributed by atoms with Gasteiger partial charge in [0.1, 0.15) is 0 Å². The number of rotatable bonds is 3. The van der Waals surface area contributed by atoms with E-state index in [-0.39, 0.29) is 0 Å². The molecule has 4 nitrogen and oxygen atoms in total. The fourth-order valence-electron chi connectivity index (χ4n) is 4.50. The van der Waals surface area contributed by atoms with Crippen molar-refractivity contribution in [2.45, 2.75) is 45.3 Å². The molecule has 2 N–H and O–H groups in total. The Morgan fingerprint density at radius 3 is 2.91 bits per heavy atom. The van der Waals surface area contributed by atoms with Gasteiger partial charge in [0.2, 0.25) is 0 Å². The van der Waals surface area contributed by atoms with Crippen LogP contribution in [0.15, 0.2) is 24.3 Å². The number of hydrogen-bond donors (Lipinski definition) is 1. The summed E-state index contributed by atoms with van der Waals surface area (Å²) in [5, 5.41) is 6.16. The van der Waals surface area contributed by atoms with Gasteiger partial charge in [-0.25, -0.2) is 0 Å². The van der Waals surface area contributed by atoms with Crippen molar-refractivity contribution in [1.29, 1.82) is 0 Å². The second kappa shape index (κ2) is 5.67. The Bertz CT molecular complexity index is 662. The minimum absolute atomic E-state index is 0.411. The van der Waals surface area contributed by atoms with Crippen molar-refractivity contribution < 1.29 is 0 Å². The normalized spacial score (nSPS) is 29.1. The molecule has 118 valence electrons. The number of aromatic nitrogens is 2. The predicted molar refractivity (Wildman–Crippen MR) is 89.5 cm³/mol. The highest BCUT2D eigenvalue weighted by atomic mass is 15.3. The van der Waals surface area contributed by atoms with Crippen molar-refractivity contribution in [2.75, 3.05) is 13.1 Å². The van der Waals surface area contributed by atoms with Gasteiger partial charge in [0.15, 0.2) is 0 Å². The van der Waals surface area contributed by atoms with E-state index >= 15 is 0 Å². The molecule has 2 heterocycles. The molecule has 1 saturated heterocycles. The second-order valence-corrected chi connectivity index (χ2v) is 6.99. The summed E-state index contributed by atoms with van der Waals surface area (Å²) in [6.07, 6.45) is 3.88. The lowest BCUT2D eigenvalue weighted by molar-refractivity contribution is 0.259. The minimum Gasteiger partial charge on any atom is -0.327 e. The van der Waals surface area contributed by atoms with Crippen LogP contribution in [0.25, 0.3) is 10.9 Å². The van der Waals surface area contributed by atoms with Crippen LogP contribution in [0.1, 0.15) is 31.9 Å². The van der Waals surface area contributed by atoms with Crippen LogP contribution in [0.2, 0.25) is 0 Å². The number of nitrogens with zero attached hydrogens (tertiary/aromatic N) is 3. The fourth-order valence-corrected chi connectivity index (χ4v) is 4.50. The molecular weight excluding hydrogens is 272 g/mol. The van der Waals surface area contributed by atoms with Crippen molar-refractivity contribution in [3.05, 3.63) is 30.0 Å². The SMILES string of the molecule is CCn1nc(CN2CC3CCCC(N)C3C2)c2ccccc21. The summed E-state index contributed by atoms with van der Waals surface area (Å²) in [5.74, 6) is 1.51. The Hall–Kier alpha value is -1.39. The molecule has 0 amide bonds. The topological polar surface area (TPSA) is 47.1 Å². The van der Waals surface area contributed by atoms with Gasteiger partial charge in [0.05, 0.1) is 11.2 Å². The van der Waals surface area contributed by atoms with Gasteiger partial charge in [0.25, 0.3) is 0 Å². The lowest BCUT2D eigenvalue weighted by Crippen LogP contribution is -2.38. The molecule has 3 unspecified atom stereocenters. The van der Waals surface area contributed by atoms with E-state index in [0.29, 0.717) is 12.0 Å². The predicted octanol–water partition coefficient (Wildman–Crippen LogP) is 2.62. The van der Waals surface area contributed by atoms with Gasteiger partial charge in [-0.15, -0.1) is 0 Å². The van der Waals surface area contributed by atoms with Crippen molar-refractivity contribution in [2.24, 2.45) is 17.6 Å². The zero-order valence-electron chi connectivity index (χ0n) is 13.4. The van der Waals surface area contributed by atoms with Crippen LogP contribution in [-0.4, -0.2) is 33.8 Å². The van der Waals surface area contributed by atoms with Crippen LogP contribution in [0.4, 0.5) is 0 Å². The lowest BCUT2D eigenvalue weighted by atomic mass is 9.78. The molecule has 2 fully saturated rings. The number of hydrogen-bond acceptors (Lipinski definition) is 3. The summed E-state index contributed by atoms with van der Waals surface area (Å²) in [6, 6.07) is 9.01. The highest BCUT2D eigenvalue weighted by Crippen LogP contribution is 2.36. The number of benzene rings is 1. The largest absolute Gasteiger partial charge is 0.327 e. The van der Waals surface area contributed by atoms with Crippen molar-refractivity contribution >= 4 is 10.9 Å². The number of nitrogens with two attached hydrogens (primary N) is 1. The smallest absolute Gasteiger partial charge is 0.0843 e. The van der Waals surface area contributed by atoms with Crippen LogP contribution in [0.3, 0.4) is 0 Å². The summed E-state index contributed by atoms with van der Waals surface area (Å²) < 4.78 is 2.12. The summed E-state index contributed by atoms with van der Waals surface area (Å²) in [7, 11) is 0. The van der Waals surface area contributed by atoms with Crippen molar-refractivity contribution in [3.63, 3.8) is 0 Å². The maximum absolute atomic E-state index is 6.35. The Balaban J connectivity index is 1.57. The first-order chi connectivity index (χ1) is 10.8. The Morgan fingerprint density at radius 1 is 1.23 bits per heavy atom. The number of likely N-dealkylation sites (tertiary alicyclic amines) is 1. The third-order valence-corrected chi connectivity index (χ3v) is 5.64. The van der Waals surface area contributed by atoms with Crippen LogP contribution in [0, 0.1) is 11.8 Å². The number of aryl methyl sites for hydroxylation is 1. The van der Waals surface area contributed by atoms with Gasteiger partial charge in [-0.3, -0.25) is 9.58 Å². The molecule has 1 aliphatic heterocycles. The zero-order valence-corrected chi connectivity index (χ0v) is 13.4. The Labute approximate surface area is 132 Å². The molecule has 2 aliphatic rings. The standard InChI is InChI=1S/C18H26N4/c1-2-22-18-9-4-3-7-14(18)17(20-22)12-21-10-13-6-5-8-16(19)15(13)11-21/h3-4,7,9,13,15-16H,2,5-6,8,10-12,19H2,1H3. The molecule has 2 aromatic rings. The second-order valence-electron chi connectivity index (χ2n) is 6.99. The van der Waals surface area contributed by atoms with E-state index in [1.807, 2.05) is 0 Å². The van der Waals surface area contributed by atoms with E-state index in [1.54, 1.807) is 0 Å². The summed E-state index contributed by atoms with van der Waals surface area (Å²) >= 11 is 0. The number of fused-ring (bicyclic) bond motifs is 2. The number of para-hydroxylation sites is 1. The quantitative estimate of drug-likeness (QED) is 0.947. The monoisotopic (exact) mass is 298 g/mol. The highest BCUT2D eigenvalue weighted by molar-refractivity contribution is 5.81. The van der Waals surface area contributed by atoms with Crippen molar-refractivity contribution in [3.8, 4) is 0 Å². The molecule has 1 aromatic carbocycles. The van der Waals surface area contributed by atoms with E-state index in [1.165, 1.54) is 42.4 Å². The van der Waals surface area contributed by atoms with Gasteiger partial charge in [0, 0.05) is 37.6 Å². The van der Waals surface area contributed by atoms with Crippen molar-refractivity contribution in [1.82, 2.24) is 14.7 Å². The molecule has 0 bridgehead atoms. The molecule has 0 radical (unpaired) electrons. The van der Waals surface area contributed by atoms with E-state index in [2.05, 4.69) is 40.8 Å². The first kappa shape index (κ1) is 14.2. The Morgan fingerprint density at radius 2 is 2.09 bits per heavy atom. The first-order valence-electron chi connectivity index (χ1n) is 8.68. The van der Waals surface area contributed by atoms with Crippen LogP contribution in [-0.2, 0) is 13.1 Å². The van der Waals surface area contributed by atoms with Crippen LogP contribution >= 0.6 is 0 Å². The molecule has 1 saturated carbocycles. The molecule has 4 rings (SSSR count).